The molecular formula is C22H35N3O. The maximum atomic E-state index is 11.7. The van der Waals surface area contributed by atoms with Gasteiger partial charge in [-0.05, 0) is 25.0 Å². The molecule has 0 spiro atoms. The van der Waals surface area contributed by atoms with Crippen molar-refractivity contribution in [3.05, 3.63) is 30.1 Å². The molecule has 1 aromatic carbocycles. The molecule has 1 N–H and O–H groups in total. The van der Waals surface area contributed by atoms with E-state index in [0.717, 1.165) is 37.3 Å². The Bertz CT molecular complexity index is 675. The first-order valence-corrected chi connectivity index (χ1v) is 10.3. The number of aromatic nitrogens is 2. The normalized spacial score (nSPS) is 11.4. The van der Waals surface area contributed by atoms with Crippen LogP contribution in [0, 0.1) is 5.92 Å². The molecule has 0 atom stereocenters. The molecule has 0 bridgehead atoms. The summed E-state index contributed by atoms with van der Waals surface area (Å²) in [6.07, 6.45) is 9.66. The van der Waals surface area contributed by atoms with Crippen LogP contribution in [0.4, 0.5) is 0 Å². The van der Waals surface area contributed by atoms with Gasteiger partial charge in [-0.25, -0.2) is 4.98 Å². The Morgan fingerprint density at radius 2 is 1.81 bits per heavy atom. The first-order valence-electron chi connectivity index (χ1n) is 10.3. The number of aryl methyl sites for hydroxylation is 2. The number of amides is 1. The van der Waals surface area contributed by atoms with Gasteiger partial charge in [0.2, 0.25) is 5.91 Å². The molecule has 0 aliphatic carbocycles. The van der Waals surface area contributed by atoms with Gasteiger partial charge in [0.1, 0.15) is 5.82 Å². The smallest absolute Gasteiger partial charge is 0.222 e. The van der Waals surface area contributed by atoms with E-state index in [1.165, 1.54) is 44.0 Å². The SMILES string of the molecule is CCCCCCCCn1c(CCCNC(=O)C(C)C)nc2ccccc21. The molecule has 2 rings (SSSR count). The van der Waals surface area contributed by atoms with E-state index in [-0.39, 0.29) is 11.8 Å². The Kier molecular flexibility index (Phi) is 8.66. The van der Waals surface area contributed by atoms with Gasteiger partial charge in [0.15, 0.2) is 0 Å². The lowest BCUT2D eigenvalue weighted by Gasteiger charge is -2.10. The molecule has 1 heterocycles. The molecule has 1 amide bonds. The van der Waals surface area contributed by atoms with Crippen LogP contribution in [0.2, 0.25) is 0 Å². The van der Waals surface area contributed by atoms with E-state index in [2.05, 4.69) is 41.1 Å². The fourth-order valence-corrected chi connectivity index (χ4v) is 3.28. The number of unbranched alkanes of at least 4 members (excludes halogenated alkanes) is 5. The van der Waals surface area contributed by atoms with Crippen molar-refractivity contribution in [3.8, 4) is 0 Å². The van der Waals surface area contributed by atoms with E-state index in [9.17, 15) is 4.79 Å². The van der Waals surface area contributed by atoms with Gasteiger partial charge in [-0.1, -0.05) is 65.0 Å². The van der Waals surface area contributed by atoms with Crippen LogP contribution in [-0.2, 0) is 17.8 Å². The van der Waals surface area contributed by atoms with E-state index in [1.54, 1.807) is 0 Å². The molecule has 26 heavy (non-hydrogen) atoms. The Morgan fingerprint density at radius 3 is 2.58 bits per heavy atom. The van der Waals surface area contributed by atoms with Gasteiger partial charge in [0.25, 0.3) is 0 Å². The third-order valence-electron chi connectivity index (χ3n) is 4.87. The highest BCUT2D eigenvalue weighted by Gasteiger charge is 2.11. The second-order valence-electron chi connectivity index (χ2n) is 7.49. The zero-order chi connectivity index (χ0) is 18.8. The Hall–Kier alpha value is -1.84. The van der Waals surface area contributed by atoms with E-state index in [4.69, 9.17) is 4.98 Å². The van der Waals surface area contributed by atoms with Gasteiger partial charge in [-0.15, -0.1) is 0 Å². The zero-order valence-electron chi connectivity index (χ0n) is 16.8. The number of benzene rings is 1. The highest BCUT2D eigenvalue weighted by molar-refractivity contribution is 5.77. The molecule has 144 valence electrons. The van der Waals surface area contributed by atoms with Crippen molar-refractivity contribution in [2.45, 2.75) is 78.7 Å². The number of nitrogens with one attached hydrogen (secondary N) is 1. The van der Waals surface area contributed by atoms with E-state index < -0.39 is 0 Å². The van der Waals surface area contributed by atoms with E-state index in [0.29, 0.717) is 0 Å². The third kappa shape index (κ3) is 6.15. The molecule has 4 nitrogen and oxygen atoms in total. The number of rotatable bonds is 12. The summed E-state index contributed by atoms with van der Waals surface area (Å²) in [6, 6.07) is 8.41. The number of imidazole rings is 1. The molecule has 0 radical (unpaired) electrons. The van der Waals surface area contributed by atoms with Gasteiger partial charge < -0.3 is 9.88 Å². The molecule has 1 aromatic heterocycles. The molecule has 0 unspecified atom stereocenters. The van der Waals surface area contributed by atoms with Crippen molar-refractivity contribution in [1.82, 2.24) is 14.9 Å². The van der Waals surface area contributed by atoms with Crippen LogP contribution in [0.1, 0.15) is 71.5 Å². The lowest BCUT2D eigenvalue weighted by atomic mass is 10.1. The number of para-hydroxylation sites is 2. The van der Waals surface area contributed by atoms with Gasteiger partial charge in [-0.3, -0.25) is 4.79 Å². The predicted octanol–water partition coefficient (Wildman–Crippen LogP) is 5.10. The summed E-state index contributed by atoms with van der Waals surface area (Å²) < 4.78 is 2.39. The van der Waals surface area contributed by atoms with Crippen molar-refractivity contribution in [2.24, 2.45) is 5.92 Å². The van der Waals surface area contributed by atoms with Gasteiger partial charge >= 0.3 is 0 Å². The quantitative estimate of drug-likeness (QED) is 0.537. The minimum absolute atomic E-state index is 0.0484. The zero-order valence-corrected chi connectivity index (χ0v) is 16.8. The summed E-state index contributed by atoms with van der Waals surface area (Å²) in [5.74, 6) is 1.33. The summed E-state index contributed by atoms with van der Waals surface area (Å²) in [7, 11) is 0. The summed E-state index contributed by atoms with van der Waals surface area (Å²) in [5.41, 5.74) is 2.32. The van der Waals surface area contributed by atoms with Crippen LogP contribution in [0.5, 0.6) is 0 Å². The van der Waals surface area contributed by atoms with Crippen molar-refractivity contribution in [1.29, 1.82) is 0 Å². The topological polar surface area (TPSA) is 46.9 Å². The summed E-state index contributed by atoms with van der Waals surface area (Å²) in [6.45, 7) is 7.87. The van der Waals surface area contributed by atoms with E-state index >= 15 is 0 Å². The van der Waals surface area contributed by atoms with Crippen molar-refractivity contribution in [2.75, 3.05) is 6.54 Å². The summed E-state index contributed by atoms with van der Waals surface area (Å²) >= 11 is 0. The Labute approximate surface area is 158 Å². The van der Waals surface area contributed by atoms with Crippen LogP contribution in [0.3, 0.4) is 0 Å². The molecule has 2 aromatic rings. The van der Waals surface area contributed by atoms with Gasteiger partial charge in [0.05, 0.1) is 11.0 Å². The molecule has 0 aliphatic rings. The van der Waals surface area contributed by atoms with Crippen molar-refractivity contribution in [3.63, 3.8) is 0 Å². The number of carbonyl (C=O) groups is 1. The highest BCUT2D eigenvalue weighted by atomic mass is 16.1. The molecule has 0 saturated carbocycles. The lowest BCUT2D eigenvalue weighted by molar-refractivity contribution is -0.123. The lowest BCUT2D eigenvalue weighted by Crippen LogP contribution is -2.28. The highest BCUT2D eigenvalue weighted by Crippen LogP contribution is 2.18. The first-order chi connectivity index (χ1) is 12.6. The predicted molar refractivity (Wildman–Crippen MR) is 109 cm³/mol. The number of carbonyl (C=O) groups excluding carboxylic acids is 1. The van der Waals surface area contributed by atoms with Crippen LogP contribution < -0.4 is 5.32 Å². The van der Waals surface area contributed by atoms with Crippen LogP contribution >= 0.6 is 0 Å². The average Bonchev–Trinajstić information content (AvgIpc) is 2.99. The van der Waals surface area contributed by atoms with Crippen LogP contribution in [-0.4, -0.2) is 22.0 Å². The van der Waals surface area contributed by atoms with Gasteiger partial charge in [0, 0.05) is 25.4 Å². The van der Waals surface area contributed by atoms with E-state index in [1.807, 2.05) is 13.8 Å². The second-order valence-corrected chi connectivity index (χ2v) is 7.49. The first kappa shape index (κ1) is 20.5. The minimum atomic E-state index is 0.0484. The molecule has 0 aliphatic heterocycles. The molecule has 4 heteroatoms. The molecule has 0 saturated heterocycles. The van der Waals surface area contributed by atoms with Crippen LogP contribution in [0.15, 0.2) is 24.3 Å². The van der Waals surface area contributed by atoms with Gasteiger partial charge in [-0.2, -0.15) is 0 Å². The Balaban J connectivity index is 1.91. The number of fused-ring (bicyclic) bond motifs is 1. The van der Waals surface area contributed by atoms with Crippen molar-refractivity contribution >= 4 is 16.9 Å². The van der Waals surface area contributed by atoms with Crippen LogP contribution in [0.25, 0.3) is 11.0 Å². The maximum Gasteiger partial charge on any atom is 0.222 e. The monoisotopic (exact) mass is 357 g/mol. The summed E-state index contributed by atoms with van der Waals surface area (Å²) in [5, 5.41) is 3.00. The maximum absolute atomic E-state index is 11.7. The average molecular weight is 358 g/mol. The fourth-order valence-electron chi connectivity index (χ4n) is 3.28. The number of nitrogens with zero attached hydrogens (tertiary/aromatic N) is 2. The number of hydrogen-bond donors (Lipinski definition) is 1. The molecule has 0 fully saturated rings. The second kappa shape index (κ2) is 11.0. The largest absolute Gasteiger partial charge is 0.356 e. The fraction of sp³-hybridized carbons (Fsp3) is 0.636. The molecular weight excluding hydrogens is 322 g/mol. The summed E-state index contributed by atoms with van der Waals surface area (Å²) in [4.78, 5) is 16.5. The third-order valence-corrected chi connectivity index (χ3v) is 4.87. The Morgan fingerprint density at radius 1 is 1.08 bits per heavy atom. The number of hydrogen-bond acceptors (Lipinski definition) is 2. The standard InChI is InChI=1S/C22H35N3O/c1-4-5-6-7-8-11-17-25-20-14-10-9-13-19(20)24-21(25)15-12-16-23-22(26)18(2)3/h9-10,13-14,18H,4-8,11-12,15-17H2,1-3H3,(H,23,26). The minimum Gasteiger partial charge on any atom is -0.356 e. The van der Waals surface area contributed by atoms with Crippen molar-refractivity contribution < 1.29 is 4.79 Å².